The van der Waals surface area contributed by atoms with E-state index in [-0.39, 0.29) is 5.91 Å². The molecule has 0 spiro atoms. The molecule has 0 unspecified atom stereocenters. The molecule has 0 radical (unpaired) electrons. The molecule has 0 saturated heterocycles. The number of halogens is 2. The van der Waals surface area contributed by atoms with Crippen LogP contribution >= 0.6 is 27.5 Å². The summed E-state index contributed by atoms with van der Waals surface area (Å²) in [5.41, 5.74) is 1.55. The Hall–Kier alpha value is -1.78. The molecule has 1 amide bonds. The monoisotopic (exact) mass is 365 g/mol. The van der Waals surface area contributed by atoms with Crippen LogP contribution in [-0.2, 0) is 4.79 Å². The lowest BCUT2D eigenvalue weighted by Crippen LogP contribution is -2.07. The minimum Gasteiger partial charge on any atom is -0.495 e. The van der Waals surface area contributed by atoms with Crippen LogP contribution in [0.4, 0.5) is 5.69 Å². The summed E-state index contributed by atoms with van der Waals surface area (Å²) in [4.78, 5) is 11.9. The Kier molecular flexibility index (Phi) is 5.42. The fraction of sp³-hybridized carbons (Fsp3) is 0.0625. The molecule has 2 aromatic carbocycles. The maximum absolute atomic E-state index is 11.9. The number of amides is 1. The number of benzene rings is 2. The minimum atomic E-state index is -0.226. The van der Waals surface area contributed by atoms with Crippen LogP contribution in [0.3, 0.4) is 0 Å². The summed E-state index contributed by atoms with van der Waals surface area (Å²) in [6, 6.07) is 12.8. The SMILES string of the molecule is COc1ccc(NC(=O)/C=C/c2cccc(Br)c2)cc1Cl. The number of carbonyl (C=O) groups excluding carboxylic acids is 1. The molecule has 2 rings (SSSR count). The molecule has 0 aromatic heterocycles. The smallest absolute Gasteiger partial charge is 0.248 e. The van der Waals surface area contributed by atoms with Gasteiger partial charge in [0.2, 0.25) is 5.91 Å². The highest BCUT2D eigenvalue weighted by atomic mass is 79.9. The minimum absolute atomic E-state index is 0.226. The van der Waals surface area contributed by atoms with E-state index in [0.29, 0.717) is 16.5 Å². The second kappa shape index (κ2) is 7.29. The predicted octanol–water partition coefficient (Wildman–Crippen LogP) is 4.76. The first kappa shape index (κ1) is 15.6. The molecule has 0 aliphatic heterocycles. The summed E-state index contributed by atoms with van der Waals surface area (Å²) in [5, 5.41) is 3.19. The van der Waals surface area contributed by atoms with Gasteiger partial charge in [-0.25, -0.2) is 0 Å². The lowest BCUT2D eigenvalue weighted by molar-refractivity contribution is -0.111. The van der Waals surface area contributed by atoms with Crippen LogP contribution < -0.4 is 10.1 Å². The van der Waals surface area contributed by atoms with E-state index in [1.54, 1.807) is 31.4 Å². The standard InChI is InChI=1S/C16H13BrClNO2/c1-21-15-7-6-13(10-14(15)18)19-16(20)8-5-11-3-2-4-12(17)9-11/h2-10H,1H3,(H,19,20)/b8-5+. The summed E-state index contributed by atoms with van der Waals surface area (Å²) >= 11 is 9.39. The van der Waals surface area contributed by atoms with Crippen molar-refractivity contribution in [3.63, 3.8) is 0 Å². The highest BCUT2D eigenvalue weighted by molar-refractivity contribution is 9.10. The van der Waals surface area contributed by atoms with Gasteiger partial charge in [0.1, 0.15) is 5.75 Å². The van der Waals surface area contributed by atoms with E-state index in [4.69, 9.17) is 16.3 Å². The summed E-state index contributed by atoms with van der Waals surface area (Å²) in [6.07, 6.45) is 3.21. The Balaban J connectivity index is 2.03. The molecule has 5 heteroatoms. The number of nitrogens with one attached hydrogen (secondary N) is 1. The topological polar surface area (TPSA) is 38.3 Å². The molecular formula is C16H13BrClNO2. The Labute approximate surface area is 136 Å². The molecule has 0 aliphatic carbocycles. The molecule has 1 N–H and O–H groups in total. The highest BCUT2D eigenvalue weighted by Crippen LogP contribution is 2.27. The molecule has 0 aliphatic rings. The number of rotatable bonds is 4. The zero-order valence-electron chi connectivity index (χ0n) is 11.3. The maximum Gasteiger partial charge on any atom is 0.248 e. The van der Waals surface area contributed by atoms with Gasteiger partial charge >= 0.3 is 0 Å². The molecule has 0 fully saturated rings. The zero-order valence-corrected chi connectivity index (χ0v) is 13.6. The van der Waals surface area contributed by atoms with E-state index in [9.17, 15) is 4.79 Å². The number of anilines is 1. The number of methoxy groups -OCH3 is 1. The van der Waals surface area contributed by atoms with Gasteiger partial charge < -0.3 is 10.1 Å². The number of carbonyl (C=O) groups is 1. The first-order chi connectivity index (χ1) is 10.1. The van der Waals surface area contributed by atoms with Gasteiger partial charge in [-0.2, -0.15) is 0 Å². The first-order valence-electron chi connectivity index (χ1n) is 6.16. The Morgan fingerprint density at radius 2 is 2.10 bits per heavy atom. The van der Waals surface area contributed by atoms with Crippen molar-refractivity contribution in [1.82, 2.24) is 0 Å². The van der Waals surface area contributed by atoms with Crippen LogP contribution in [0.5, 0.6) is 5.75 Å². The third kappa shape index (κ3) is 4.62. The molecule has 2 aromatic rings. The summed E-state index contributed by atoms with van der Waals surface area (Å²) in [5.74, 6) is 0.343. The third-order valence-corrected chi connectivity index (χ3v) is 3.48. The second-order valence-corrected chi connectivity index (χ2v) is 5.55. The van der Waals surface area contributed by atoms with E-state index in [0.717, 1.165) is 10.0 Å². The summed E-state index contributed by atoms with van der Waals surface area (Å²) in [7, 11) is 1.54. The normalized spacial score (nSPS) is 10.6. The van der Waals surface area contributed by atoms with Crippen LogP contribution in [0, 0.1) is 0 Å². The van der Waals surface area contributed by atoms with Crippen molar-refractivity contribution >= 4 is 45.2 Å². The van der Waals surface area contributed by atoms with Gasteiger partial charge in [-0.15, -0.1) is 0 Å². The van der Waals surface area contributed by atoms with E-state index in [2.05, 4.69) is 21.2 Å². The Morgan fingerprint density at radius 3 is 2.76 bits per heavy atom. The van der Waals surface area contributed by atoms with Crippen LogP contribution in [0.25, 0.3) is 6.08 Å². The van der Waals surface area contributed by atoms with Crippen molar-refractivity contribution in [1.29, 1.82) is 0 Å². The third-order valence-electron chi connectivity index (χ3n) is 2.70. The van der Waals surface area contributed by atoms with Crippen molar-refractivity contribution in [2.24, 2.45) is 0 Å². The van der Waals surface area contributed by atoms with Gasteiger partial charge in [0, 0.05) is 16.2 Å². The largest absolute Gasteiger partial charge is 0.495 e. The highest BCUT2D eigenvalue weighted by Gasteiger charge is 2.03. The average Bonchev–Trinajstić information content (AvgIpc) is 2.45. The van der Waals surface area contributed by atoms with E-state index < -0.39 is 0 Å². The molecule has 0 heterocycles. The van der Waals surface area contributed by atoms with Gasteiger partial charge in [-0.1, -0.05) is 39.7 Å². The number of hydrogen-bond acceptors (Lipinski definition) is 2. The van der Waals surface area contributed by atoms with Crippen molar-refractivity contribution in [2.45, 2.75) is 0 Å². The van der Waals surface area contributed by atoms with Gasteiger partial charge in [0.15, 0.2) is 0 Å². The van der Waals surface area contributed by atoms with Crippen LogP contribution in [-0.4, -0.2) is 13.0 Å². The van der Waals surface area contributed by atoms with Crippen LogP contribution in [0.1, 0.15) is 5.56 Å². The number of hydrogen-bond donors (Lipinski definition) is 1. The molecular weight excluding hydrogens is 354 g/mol. The maximum atomic E-state index is 11.9. The molecule has 0 saturated carbocycles. The quantitative estimate of drug-likeness (QED) is 0.792. The van der Waals surface area contributed by atoms with Crippen molar-refractivity contribution in [2.75, 3.05) is 12.4 Å². The first-order valence-corrected chi connectivity index (χ1v) is 7.34. The van der Waals surface area contributed by atoms with Crippen LogP contribution in [0.2, 0.25) is 5.02 Å². The van der Waals surface area contributed by atoms with E-state index in [1.807, 2.05) is 24.3 Å². The predicted molar refractivity (Wildman–Crippen MR) is 89.8 cm³/mol. The molecule has 0 atom stereocenters. The van der Waals surface area contributed by atoms with Crippen molar-refractivity contribution in [3.05, 3.63) is 63.6 Å². The molecule has 108 valence electrons. The molecule has 0 bridgehead atoms. The number of ether oxygens (including phenoxy) is 1. The van der Waals surface area contributed by atoms with Gasteiger partial charge in [0.05, 0.1) is 12.1 Å². The van der Waals surface area contributed by atoms with Crippen molar-refractivity contribution in [3.8, 4) is 5.75 Å². The van der Waals surface area contributed by atoms with E-state index in [1.165, 1.54) is 6.08 Å². The van der Waals surface area contributed by atoms with Gasteiger partial charge in [-0.05, 0) is 42.0 Å². The lowest BCUT2D eigenvalue weighted by atomic mass is 10.2. The summed E-state index contributed by atoms with van der Waals surface area (Å²) in [6.45, 7) is 0. The molecule has 3 nitrogen and oxygen atoms in total. The van der Waals surface area contributed by atoms with Crippen LogP contribution in [0.15, 0.2) is 53.0 Å². The fourth-order valence-corrected chi connectivity index (χ4v) is 2.38. The van der Waals surface area contributed by atoms with E-state index >= 15 is 0 Å². The Morgan fingerprint density at radius 1 is 1.29 bits per heavy atom. The molecule has 21 heavy (non-hydrogen) atoms. The van der Waals surface area contributed by atoms with Gasteiger partial charge in [0.25, 0.3) is 0 Å². The van der Waals surface area contributed by atoms with Crippen molar-refractivity contribution < 1.29 is 9.53 Å². The second-order valence-electron chi connectivity index (χ2n) is 4.23. The fourth-order valence-electron chi connectivity index (χ4n) is 1.71. The lowest BCUT2D eigenvalue weighted by Gasteiger charge is -2.06. The Bertz CT molecular complexity index is 686. The average molecular weight is 367 g/mol. The zero-order chi connectivity index (χ0) is 15.2. The van der Waals surface area contributed by atoms with Gasteiger partial charge in [-0.3, -0.25) is 4.79 Å². The summed E-state index contributed by atoms with van der Waals surface area (Å²) < 4.78 is 6.02.